The second-order valence-electron chi connectivity index (χ2n) is 25.4. The van der Waals surface area contributed by atoms with Crippen molar-refractivity contribution in [2.24, 2.45) is 80.6 Å². The zero-order valence-electron chi connectivity index (χ0n) is 69.4. The van der Waals surface area contributed by atoms with Gasteiger partial charge in [-0.1, -0.05) is 103 Å². The second kappa shape index (κ2) is 59.2. The summed E-state index contributed by atoms with van der Waals surface area (Å²) in [6, 6.07) is 55.5. The normalized spacial score (nSPS) is 9.88. The summed E-state index contributed by atoms with van der Waals surface area (Å²) in [5.41, 5.74) is 83.1. The molecule has 0 aliphatic rings. The zero-order valence-corrected chi connectivity index (χ0v) is 72.7. The molecule has 10 aromatic rings. The van der Waals surface area contributed by atoms with Gasteiger partial charge < -0.3 is 73.9 Å². The smallest absolute Gasteiger partial charge is 0.248 e. The lowest BCUT2D eigenvalue weighted by atomic mass is 10.0. The van der Waals surface area contributed by atoms with E-state index in [9.17, 15) is 18.8 Å². The Balaban J connectivity index is 0.000000673. The molecule has 0 radical (unpaired) electrons. The van der Waals surface area contributed by atoms with E-state index in [1.807, 2.05) is 159 Å². The van der Waals surface area contributed by atoms with E-state index in [0.29, 0.717) is 88.7 Å². The van der Waals surface area contributed by atoms with Gasteiger partial charge in [0.25, 0.3) is 0 Å². The number of nitrogens with one attached hydrogen (secondary N) is 4. The number of nitrogens with two attached hydrogens (primary N) is 14. The van der Waals surface area contributed by atoms with E-state index < -0.39 is 11.8 Å². The van der Waals surface area contributed by atoms with Gasteiger partial charge in [0.05, 0.1) is 69.0 Å². The van der Waals surface area contributed by atoms with Crippen LogP contribution in [0.1, 0.15) is 137 Å². The topological polar surface area (TPSA) is 609 Å². The molecule has 31 nitrogen and oxygen atoms in total. The minimum absolute atomic E-state index is 0.0147. The number of benzene rings is 10. The molecule has 0 spiro atoms. The molecule has 648 valence electrons. The molecule has 0 bridgehead atoms. The van der Waals surface area contributed by atoms with Crippen LogP contribution < -0.4 is 80.6 Å². The predicted molar refractivity (Wildman–Crippen MR) is 481 cm³/mol. The molecule has 3 amide bonds. The SMILES string of the molecule is COOSc1ccc(C(=N)N)cc1C.COOSc1ccc(CN)cc1C.Cc1cc(C(=N)N)ccc1C(N)=O.Cc1cc(C(=N)N)ccc1F.Cc1cc(C(=N)N)ccc1SOON.Cc1cc(CN)ccc1C(N)=O.Cc1cc(CN)ccc1O.Cc1cc(CN)ccc1SOON.Cc1cccc(C(N)=O)c1.[C-]#[N+]c1ccc(CN)cc1C. The minimum atomic E-state index is -0.465. The summed E-state index contributed by atoms with van der Waals surface area (Å²) in [7, 11) is 2.93. The van der Waals surface area contributed by atoms with Gasteiger partial charge in [-0.15, -0.1) is 18.6 Å². The summed E-state index contributed by atoms with van der Waals surface area (Å²) in [5.74, 6) is 8.32. The van der Waals surface area contributed by atoms with Crippen LogP contribution in [0.4, 0.5) is 10.1 Å². The number of amidine groups is 4. The number of carbonyl (C=O) groups excluding carboxylic acids is 3. The third kappa shape index (κ3) is 41.8. The molecule has 36 heteroatoms. The van der Waals surface area contributed by atoms with Crippen LogP contribution in [0.3, 0.4) is 0 Å². The number of phenolic OH excluding ortho intramolecular Hbond substituents is 1. The van der Waals surface area contributed by atoms with Crippen molar-refractivity contribution in [3.63, 3.8) is 0 Å². The Morgan fingerprint density at radius 3 is 0.967 bits per heavy atom. The molecule has 0 saturated carbocycles. The van der Waals surface area contributed by atoms with Gasteiger partial charge in [0.15, 0.2) is 5.69 Å². The summed E-state index contributed by atoms with van der Waals surface area (Å²) in [5, 5.41) is 37.8. The van der Waals surface area contributed by atoms with Crippen molar-refractivity contribution >= 4 is 94.9 Å². The average molecular weight is 1740 g/mol. The van der Waals surface area contributed by atoms with Crippen molar-refractivity contribution in [1.29, 1.82) is 21.6 Å². The lowest BCUT2D eigenvalue weighted by molar-refractivity contribution is -0.195. The number of aromatic hydroxyl groups is 1. The van der Waals surface area contributed by atoms with Crippen LogP contribution in [0.25, 0.3) is 4.85 Å². The summed E-state index contributed by atoms with van der Waals surface area (Å²) >= 11 is 4.42. The van der Waals surface area contributed by atoms with Crippen LogP contribution in [0.15, 0.2) is 208 Å². The van der Waals surface area contributed by atoms with E-state index in [1.165, 1.54) is 38.4 Å². The van der Waals surface area contributed by atoms with E-state index in [1.54, 1.807) is 86.6 Å². The zero-order chi connectivity index (χ0) is 91.4. The number of hydrogen-bond donors (Lipinski definition) is 19. The summed E-state index contributed by atoms with van der Waals surface area (Å²) in [6.45, 7) is 28.2. The standard InChI is InChI=1S/C9H11N3O.C9H12N2O2S.C9H12N2O.C9H10N2.C9H13NO2S.C8H9FN2.C8H11N3O2S.C8H12N2O2S.C8H11NO.C8H9NO/c1-5-4-6(8(10)11)2-3-7(5)9(12)13;1-6-5-7(9(10)11)3-4-8(6)14-13-12-2;1-6-4-7(5-10)2-3-8(6)9(11)12;1-7-5-8(6-10)3-4-9(7)11-2;1-7-5-8(6-10)3-4-9(7)13-12-11-2;1-5-4-6(8(10)11)2-3-7(5)9;1-5-4-6(8(9)10)2-3-7(5)14-13-12-11;1-6-4-7(5-9)2-3-8(6)13-12-11-10;1-6-4-7(5-9)2-3-8(6)10;1-6-3-2-4-7(5-6)8(9)10/h2-4H,1H3,(H3,10,11)(H2,12,13);3-5H,1-2H3,(H3,10,11);2-4H,5,10H2,1H3,(H2,11,12);3-5H,6,10H2,1H3;3-5H,6,10H2,1-2H3;2-4H,1H3,(H3,10,11);2-4H,11H2,1H3,(H3,9,10);2-4H,5,9-10H2,1H3;2-4,10H,5,9H2,1H3;2-5H,1H3,(H2,9,10). The lowest BCUT2D eigenvalue weighted by Crippen LogP contribution is -2.15. The molecule has 0 aliphatic carbocycles. The molecule has 121 heavy (non-hydrogen) atoms. The summed E-state index contributed by atoms with van der Waals surface area (Å²) in [6.07, 6.45) is 0. The number of nitrogen functional groups attached to an aromatic ring is 4. The highest BCUT2D eigenvalue weighted by molar-refractivity contribution is 7.95. The Labute approximate surface area is 723 Å². The fourth-order valence-corrected chi connectivity index (χ4v) is 11.4. The molecular formula is C85H110FN19O12S4. The first-order valence-corrected chi connectivity index (χ1v) is 38.9. The number of amides is 3. The third-order valence-electron chi connectivity index (χ3n) is 16.1. The second-order valence-corrected chi connectivity index (χ2v) is 28.4. The van der Waals surface area contributed by atoms with E-state index in [2.05, 4.69) is 33.3 Å². The Hall–Kier alpha value is -11.5. The Morgan fingerprint density at radius 1 is 0.364 bits per heavy atom. The molecule has 0 aromatic heterocycles. The van der Waals surface area contributed by atoms with Gasteiger partial charge in [0.2, 0.25) is 17.7 Å². The van der Waals surface area contributed by atoms with Crippen LogP contribution in [0.2, 0.25) is 0 Å². The average Bonchev–Trinajstić information content (AvgIpc) is 0.927. The first-order chi connectivity index (χ1) is 57.3. The Bertz CT molecular complexity index is 4940. The number of hydrogen-bond acceptors (Lipinski definition) is 27. The highest BCUT2D eigenvalue weighted by Crippen LogP contribution is 2.28. The Kier molecular flexibility index (Phi) is 52.6. The van der Waals surface area contributed by atoms with E-state index in [-0.39, 0.29) is 35.1 Å². The fourth-order valence-electron chi connectivity index (χ4n) is 9.60. The van der Waals surface area contributed by atoms with Gasteiger partial charge in [0, 0.05) is 91.2 Å². The van der Waals surface area contributed by atoms with Crippen molar-refractivity contribution in [3.8, 4) is 5.75 Å². The van der Waals surface area contributed by atoms with Gasteiger partial charge in [-0.25, -0.2) is 19.0 Å². The maximum atomic E-state index is 12.7. The van der Waals surface area contributed by atoms with Crippen molar-refractivity contribution in [2.45, 2.75) is 122 Å². The van der Waals surface area contributed by atoms with Gasteiger partial charge in [0.1, 0.15) is 34.9 Å². The Morgan fingerprint density at radius 2 is 0.669 bits per heavy atom. The number of halogens is 1. The molecule has 0 aliphatic heterocycles. The highest BCUT2D eigenvalue weighted by Gasteiger charge is 2.11. The molecule has 10 rings (SSSR count). The van der Waals surface area contributed by atoms with Crippen molar-refractivity contribution in [3.05, 3.63) is 328 Å². The van der Waals surface area contributed by atoms with Gasteiger partial charge in [-0.3, -0.25) is 36.0 Å². The van der Waals surface area contributed by atoms with Crippen LogP contribution in [0.5, 0.6) is 5.75 Å². The van der Waals surface area contributed by atoms with Gasteiger partial charge >= 0.3 is 0 Å². The quantitative estimate of drug-likeness (QED) is 0.00667. The lowest BCUT2D eigenvalue weighted by Gasteiger charge is -2.05. The van der Waals surface area contributed by atoms with E-state index >= 15 is 0 Å². The number of rotatable bonds is 24. The number of carbonyl (C=O) groups is 3. The van der Waals surface area contributed by atoms with Crippen LogP contribution in [-0.2, 0) is 69.8 Å². The number of aryl methyl sites for hydroxylation is 10. The minimum Gasteiger partial charge on any atom is -0.508 e. The molecule has 0 atom stereocenters. The highest BCUT2D eigenvalue weighted by atomic mass is 32.2. The fraction of sp³-hybridized carbons (Fsp3) is 0.200. The molecule has 0 saturated heterocycles. The first kappa shape index (κ1) is 108. The monoisotopic (exact) mass is 1740 g/mol. The van der Waals surface area contributed by atoms with Crippen LogP contribution in [-0.4, -0.2) is 60.4 Å². The molecule has 0 heterocycles. The van der Waals surface area contributed by atoms with E-state index in [4.69, 9.17) is 123 Å². The maximum absolute atomic E-state index is 12.7. The van der Waals surface area contributed by atoms with Crippen molar-refractivity contribution in [1.82, 2.24) is 0 Å². The largest absolute Gasteiger partial charge is 0.508 e. The van der Waals surface area contributed by atoms with Crippen LogP contribution in [0, 0.1) is 103 Å². The van der Waals surface area contributed by atoms with Gasteiger partial charge in [-0.2, -0.15) is 20.5 Å². The van der Waals surface area contributed by atoms with E-state index in [0.717, 1.165) is 134 Å². The molecule has 10 aromatic carbocycles. The van der Waals surface area contributed by atoms with Gasteiger partial charge in [-0.05, 0) is 238 Å². The molecule has 33 N–H and O–H groups in total. The summed E-state index contributed by atoms with van der Waals surface area (Å²) in [4.78, 5) is 56.3. The maximum Gasteiger partial charge on any atom is 0.248 e. The van der Waals surface area contributed by atoms with Crippen LogP contribution >= 0.6 is 48.2 Å². The first-order valence-electron chi connectivity index (χ1n) is 36.0. The molecule has 0 unspecified atom stereocenters. The number of primary amides is 3. The predicted octanol–water partition coefficient (Wildman–Crippen LogP) is 12.9. The summed E-state index contributed by atoms with van der Waals surface area (Å²) < 4.78 is 31.2. The third-order valence-corrected chi connectivity index (χ3v) is 19.4. The number of nitrogens with zero attached hydrogens (tertiary/aromatic N) is 1. The van der Waals surface area contributed by atoms with Crippen molar-refractivity contribution in [2.75, 3.05) is 14.2 Å². The molecule has 0 fully saturated rings. The van der Waals surface area contributed by atoms with Crippen molar-refractivity contribution < 1.29 is 61.0 Å². The molecular weight excluding hydrogens is 1630 g/mol. The number of phenols is 1.